The molecule has 4 nitrogen and oxygen atoms in total. The van der Waals surface area contributed by atoms with Gasteiger partial charge in [-0.25, -0.2) is 12.8 Å². The van der Waals surface area contributed by atoms with Gasteiger partial charge in [-0.3, -0.25) is 0 Å². The van der Waals surface area contributed by atoms with Crippen molar-refractivity contribution in [1.82, 2.24) is 0 Å². The third-order valence-corrected chi connectivity index (χ3v) is 4.68. The predicted octanol–water partition coefficient (Wildman–Crippen LogP) is 1.83. The molecule has 1 rings (SSSR count). The molecule has 0 aliphatic carbocycles. The quantitative estimate of drug-likeness (QED) is 0.509. The average Bonchev–Trinajstić information content (AvgIpc) is 2.32. The first kappa shape index (κ1) is 13.6. The lowest BCUT2D eigenvalue weighted by molar-refractivity contribution is 0.318. The maximum absolute atomic E-state index is 12.7. The van der Waals surface area contributed by atoms with E-state index in [1.165, 1.54) is 38.1 Å². The number of hydrogen-bond donors (Lipinski definition) is 1. The second kappa shape index (κ2) is 5.27. The second-order valence-corrected chi connectivity index (χ2v) is 6.20. The number of benzene rings is 1. The SMILES string of the molecule is CCS(=O)(=O)[C@@H](C)/C(=N\O)c1ccc(F)cc1. The van der Waals surface area contributed by atoms with E-state index in [9.17, 15) is 12.8 Å². The van der Waals surface area contributed by atoms with Crippen LogP contribution in [0.2, 0.25) is 0 Å². The Morgan fingerprint density at radius 3 is 2.35 bits per heavy atom. The van der Waals surface area contributed by atoms with Crippen LogP contribution < -0.4 is 0 Å². The van der Waals surface area contributed by atoms with Crippen molar-refractivity contribution in [3.8, 4) is 0 Å². The Labute approximate surface area is 99.7 Å². The van der Waals surface area contributed by atoms with E-state index < -0.39 is 20.9 Å². The van der Waals surface area contributed by atoms with Gasteiger partial charge in [0, 0.05) is 11.3 Å². The minimum absolute atomic E-state index is 0.0202. The molecule has 0 amide bonds. The summed E-state index contributed by atoms with van der Waals surface area (Å²) >= 11 is 0. The van der Waals surface area contributed by atoms with Crippen LogP contribution in [0.5, 0.6) is 0 Å². The van der Waals surface area contributed by atoms with E-state index in [4.69, 9.17) is 5.21 Å². The molecule has 0 bridgehead atoms. The molecule has 0 heterocycles. The van der Waals surface area contributed by atoms with Gasteiger partial charge >= 0.3 is 0 Å². The summed E-state index contributed by atoms with van der Waals surface area (Å²) in [6, 6.07) is 5.13. The summed E-state index contributed by atoms with van der Waals surface area (Å²) in [5, 5.41) is 11.0. The zero-order valence-electron chi connectivity index (χ0n) is 9.59. The Balaban J connectivity index is 3.14. The van der Waals surface area contributed by atoms with Crippen molar-refractivity contribution in [2.24, 2.45) is 5.16 Å². The van der Waals surface area contributed by atoms with E-state index in [-0.39, 0.29) is 11.5 Å². The Morgan fingerprint density at radius 1 is 1.41 bits per heavy atom. The maximum atomic E-state index is 12.7. The van der Waals surface area contributed by atoms with Crippen LogP contribution in [0.1, 0.15) is 19.4 Å². The van der Waals surface area contributed by atoms with Crippen molar-refractivity contribution < 1.29 is 18.0 Å². The van der Waals surface area contributed by atoms with E-state index in [1.54, 1.807) is 0 Å². The van der Waals surface area contributed by atoms with Gasteiger partial charge in [0.2, 0.25) is 0 Å². The number of oxime groups is 1. The molecule has 0 saturated carbocycles. The fraction of sp³-hybridized carbons (Fsp3) is 0.364. The fourth-order valence-corrected chi connectivity index (χ4v) is 2.44. The molecule has 1 atom stereocenters. The Bertz CT molecular complexity index is 508. The van der Waals surface area contributed by atoms with Gasteiger partial charge in [-0.1, -0.05) is 24.2 Å². The first-order valence-electron chi connectivity index (χ1n) is 5.11. The molecule has 0 unspecified atom stereocenters. The molecule has 0 saturated heterocycles. The minimum Gasteiger partial charge on any atom is -0.411 e. The summed E-state index contributed by atoms with van der Waals surface area (Å²) in [5.41, 5.74) is 0.408. The lowest BCUT2D eigenvalue weighted by Gasteiger charge is -2.13. The summed E-state index contributed by atoms with van der Waals surface area (Å²) in [4.78, 5) is 0. The Morgan fingerprint density at radius 2 is 1.94 bits per heavy atom. The van der Waals surface area contributed by atoms with Gasteiger partial charge in [0.1, 0.15) is 16.8 Å². The molecule has 0 radical (unpaired) electrons. The molecule has 6 heteroatoms. The monoisotopic (exact) mass is 259 g/mol. The van der Waals surface area contributed by atoms with Crippen LogP contribution in [0.15, 0.2) is 29.4 Å². The van der Waals surface area contributed by atoms with Crippen LogP contribution >= 0.6 is 0 Å². The highest BCUT2D eigenvalue weighted by atomic mass is 32.2. The molecule has 1 aromatic carbocycles. The summed E-state index contributed by atoms with van der Waals surface area (Å²) < 4.78 is 36.1. The normalized spacial score (nSPS) is 14.6. The van der Waals surface area contributed by atoms with E-state index >= 15 is 0 Å². The number of rotatable bonds is 4. The molecular weight excluding hydrogens is 245 g/mol. The molecule has 1 aromatic rings. The predicted molar refractivity (Wildman–Crippen MR) is 63.6 cm³/mol. The van der Waals surface area contributed by atoms with E-state index in [1.807, 2.05) is 0 Å². The van der Waals surface area contributed by atoms with Crippen molar-refractivity contribution >= 4 is 15.5 Å². The molecule has 17 heavy (non-hydrogen) atoms. The molecule has 94 valence electrons. The van der Waals surface area contributed by atoms with Crippen LogP contribution in [0.25, 0.3) is 0 Å². The van der Waals surface area contributed by atoms with E-state index in [0.29, 0.717) is 5.56 Å². The zero-order valence-corrected chi connectivity index (χ0v) is 10.4. The summed E-state index contributed by atoms with van der Waals surface area (Å²) in [5.74, 6) is -0.481. The van der Waals surface area contributed by atoms with Crippen molar-refractivity contribution in [2.75, 3.05) is 5.75 Å². The highest BCUT2D eigenvalue weighted by Crippen LogP contribution is 2.13. The van der Waals surface area contributed by atoms with Gasteiger partial charge in [0.25, 0.3) is 0 Å². The van der Waals surface area contributed by atoms with Crippen LogP contribution in [0, 0.1) is 5.82 Å². The van der Waals surface area contributed by atoms with Gasteiger partial charge in [-0.15, -0.1) is 0 Å². The lowest BCUT2D eigenvalue weighted by Crippen LogP contribution is -2.29. The Hall–Kier alpha value is -1.43. The standard InChI is InChI=1S/C11H14FNO3S/c1-3-17(15,16)8(2)11(13-14)9-4-6-10(12)7-5-9/h4-8,14H,3H2,1-2H3/b13-11+/t8-/m0/s1. The van der Waals surface area contributed by atoms with Crippen LogP contribution in [0.4, 0.5) is 4.39 Å². The third kappa shape index (κ3) is 3.03. The van der Waals surface area contributed by atoms with Gasteiger partial charge in [0.15, 0.2) is 9.84 Å². The first-order valence-corrected chi connectivity index (χ1v) is 6.83. The fourth-order valence-electron chi connectivity index (χ4n) is 1.41. The van der Waals surface area contributed by atoms with Crippen molar-refractivity contribution in [3.63, 3.8) is 0 Å². The van der Waals surface area contributed by atoms with Crippen molar-refractivity contribution in [1.29, 1.82) is 0 Å². The third-order valence-electron chi connectivity index (χ3n) is 2.57. The van der Waals surface area contributed by atoms with Gasteiger partial charge in [0.05, 0.1) is 0 Å². The van der Waals surface area contributed by atoms with Crippen LogP contribution in [-0.4, -0.2) is 30.3 Å². The topological polar surface area (TPSA) is 66.7 Å². The maximum Gasteiger partial charge on any atom is 0.158 e. The first-order chi connectivity index (χ1) is 7.92. The van der Waals surface area contributed by atoms with Crippen molar-refractivity contribution in [3.05, 3.63) is 35.6 Å². The number of halogens is 1. The van der Waals surface area contributed by atoms with Crippen molar-refractivity contribution in [2.45, 2.75) is 19.1 Å². The largest absolute Gasteiger partial charge is 0.411 e. The molecule has 0 fully saturated rings. The van der Waals surface area contributed by atoms with Gasteiger partial charge in [-0.05, 0) is 19.1 Å². The molecule has 1 N–H and O–H groups in total. The number of hydrogen-bond acceptors (Lipinski definition) is 4. The average molecular weight is 259 g/mol. The lowest BCUT2D eigenvalue weighted by atomic mass is 10.1. The summed E-state index contributed by atoms with van der Waals surface area (Å²) in [7, 11) is -3.35. The molecule has 0 spiro atoms. The summed E-state index contributed by atoms with van der Waals surface area (Å²) in [6.45, 7) is 2.96. The highest BCUT2D eigenvalue weighted by Gasteiger charge is 2.25. The second-order valence-electron chi connectivity index (χ2n) is 3.59. The molecule has 0 aromatic heterocycles. The van der Waals surface area contributed by atoms with Gasteiger partial charge in [-0.2, -0.15) is 0 Å². The smallest absolute Gasteiger partial charge is 0.158 e. The van der Waals surface area contributed by atoms with E-state index in [0.717, 1.165) is 0 Å². The number of nitrogens with zero attached hydrogens (tertiary/aromatic N) is 1. The molecular formula is C11H14FNO3S. The minimum atomic E-state index is -3.35. The summed E-state index contributed by atoms with van der Waals surface area (Å²) in [6.07, 6.45) is 0. The Kier molecular flexibility index (Phi) is 4.22. The van der Waals surface area contributed by atoms with Gasteiger partial charge < -0.3 is 5.21 Å². The molecule has 0 aliphatic heterocycles. The molecule has 0 aliphatic rings. The number of sulfone groups is 1. The highest BCUT2D eigenvalue weighted by molar-refractivity contribution is 7.92. The van der Waals surface area contributed by atoms with E-state index in [2.05, 4.69) is 5.16 Å². The van der Waals surface area contributed by atoms with Crippen LogP contribution in [0.3, 0.4) is 0 Å². The zero-order chi connectivity index (χ0) is 13.1. The van der Waals surface area contributed by atoms with Crippen LogP contribution in [-0.2, 0) is 9.84 Å².